The molecule has 6 rings (SSSR count). The number of rotatable bonds is 5. The molecule has 208 valence electrons. The quantitative estimate of drug-likeness (QED) is 0.403. The first-order valence-electron chi connectivity index (χ1n) is 14.6. The monoisotopic (exact) mass is 533 g/mol. The number of hydrogen-bond donors (Lipinski definition) is 2. The van der Waals surface area contributed by atoms with Crippen LogP contribution in [0, 0.1) is 29.0 Å². The summed E-state index contributed by atoms with van der Waals surface area (Å²) >= 11 is 0. The number of anilines is 2. The summed E-state index contributed by atoms with van der Waals surface area (Å²) in [5.74, 6) is 1.80. The van der Waals surface area contributed by atoms with Gasteiger partial charge in [0.2, 0.25) is 5.91 Å². The predicted octanol–water partition coefficient (Wildman–Crippen LogP) is 5.30. The van der Waals surface area contributed by atoms with Gasteiger partial charge in [0.15, 0.2) is 0 Å². The summed E-state index contributed by atoms with van der Waals surface area (Å²) in [5.41, 5.74) is 3.86. The Balaban J connectivity index is 1.12. The topological polar surface area (TPSA) is 81.1 Å². The molecule has 0 spiro atoms. The van der Waals surface area contributed by atoms with E-state index in [0.717, 1.165) is 81.7 Å². The van der Waals surface area contributed by atoms with Gasteiger partial charge in [0.1, 0.15) is 11.6 Å². The molecule has 3 aliphatic carbocycles. The van der Waals surface area contributed by atoms with Crippen LogP contribution < -0.4 is 10.2 Å². The van der Waals surface area contributed by atoms with E-state index in [2.05, 4.69) is 45.3 Å². The van der Waals surface area contributed by atoms with E-state index in [1.165, 1.54) is 5.56 Å². The SMILES string of the molecule is CN1CCN(c2ccc(NC(=O)CC[C@@H]3C/C(=N\O)[C@@]4(C)CCC5c6cccc(F)c6CCC5C34)nc2)CC1. The summed E-state index contributed by atoms with van der Waals surface area (Å²) < 4.78 is 14.6. The Labute approximate surface area is 230 Å². The lowest BCUT2D eigenvalue weighted by atomic mass is 9.54. The number of hydrogen-bond acceptors (Lipinski definition) is 6. The third kappa shape index (κ3) is 4.81. The van der Waals surface area contributed by atoms with Gasteiger partial charge >= 0.3 is 0 Å². The largest absolute Gasteiger partial charge is 0.411 e. The maximum absolute atomic E-state index is 14.6. The van der Waals surface area contributed by atoms with E-state index < -0.39 is 0 Å². The fourth-order valence-electron chi connectivity index (χ4n) is 8.31. The normalized spacial score (nSPS) is 31.5. The standard InChI is InChI=1S/C31H40FN5O2/c1-31-13-12-23-22-4-3-5-26(32)24(22)8-9-25(23)30(31)20(18-27(31)35-39)6-11-29(38)34-28-10-7-21(19-33-28)37-16-14-36(2)15-17-37/h3-5,7,10,19-20,23,25,30,39H,6,8-9,11-18H2,1-2H3,(H,33,34,38)/b35-27+/t20-,23?,25?,30?,31-/m1/s1. The molecule has 3 fully saturated rings. The lowest BCUT2D eigenvalue weighted by Gasteiger charge is -2.50. The average molecular weight is 534 g/mol. The Morgan fingerprint density at radius 3 is 2.77 bits per heavy atom. The minimum atomic E-state index is -0.164. The van der Waals surface area contributed by atoms with Crippen LogP contribution in [0.1, 0.15) is 62.5 Å². The number of nitrogens with one attached hydrogen (secondary N) is 1. The molecule has 1 aliphatic heterocycles. The van der Waals surface area contributed by atoms with Gasteiger partial charge < -0.3 is 20.3 Å². The fourth-order valence-corrected chi connectivity index (χ4v) is 8.31. The molecule has 2 aromatic rings. The molecule has 8 heteroatoms. The van der Waals surface area contributed by atoms with Gasteiger partial charge in [-0.15, -0.1) is 0 Å². The van der Waals surface area contributed by atoms with Crippen LogP contribution >= 0.6 is 0 Å². The van der Waals surface area contributed by atoms with Crippen LogP contribution in [0.2, 0.25) is 0 Å². The van der Waals surface area contributed by atoms with Crippen molar-refractivity contribution in [1.82, 2.24) is 9.88 Å². The number of amides is 1. The van der Waals surface area contributed by atoms with Gasteiger partial charge in [0.05, 0.1) is 17.6 Å². The predicted molar refractivity (Wildman–Crippen MR) is 151 cm³/mol. The Kier molecular flexibility index (Phi) is 7.08. The van der Waals surface area contributed by atoms with E-state index in [4.69, 9.17) is 0 Å². The summed E-state index contributed by atoms with van der Waals surface area (Å²) in [6.07, 6.45) is 7.33. The summed E-state index contributed by atoms with van der Waals surface area (Å²) in [4.78, 5) is 22.1. The first-order valence-corrected chi connectivity index (χ1v) is 14.6. The summed E-state index contributed by atoms with van der Waals surface area (Å²) in [7, 11) is 2.14. The van der Waals surface area contributed by atoms with Crippen molar-refractivity contribution in [2.75, 3.05) is 43.4 Å². The highest BCUT2D eigenvalue weighted by molar-refractivity contribution is 5.93. The maximum atomic E-state index is 14.6. The second-order valence-corrected chi connectivity index (χ2v) is 12.4. The Bertz CT molecular complexity index is 1240. The van der Waals surface area contributed by atoms with E-state index >= 15 is 0 Å². The number of halogens is 1. The molecule has 1 amide bonds. The number of oxime groups is 1. The highest BCUT2D eigenvalue weighted by atomic mass is 19.1. The van der Waals surface area contributed by atoms with Gasteiger partial charge in [0.25, 0.3) is 0 Å². The Morgan fingerprint density at radius 2 is 2.03 bits per heavy atom. The summed E-state index contributed by atoms with van der Waals surface area (Å²) in [6.45, 7) is 6.27. The molecule has 4 aliphatic rings. The zero-order valence-corrected chi connectivity index (χ0v) is 23.1. The van der Waals surface area contributed by atoms with E-state index in [1.54, 1.807) is 6.07 Å². The van der Waals surface area contributed by atoms with Crippen LogP contribution in [0.25, 0.3) is 0 Å². The van der Waals surface area contributed by atoms with Gasteiger partial charge in [-0.05, 0) is 98.6 Å². The molecular formula is C31H40FN5O2. The van der Waals surface area contributed by atoms with Crippen molar-refractivity contribution >= 4 is 23.1 Å². The molecule has 2 heterocycles. The smallest absolute Gasteiger partial charge is 0.225 e. The lowest BCUT2D eigenvalue weighted by Crippen LogP contribution is -2.44. The number of pyridine rings is 1. The number of aromatic nitrogens is 1. The van der Waals surface area contributed by atoms with Crippen LogP contribution in [0.3, 0.4) is 0 Å². The van der Waals surface area contributed by atoms with E-state index in [0.29, 0.717) is 30.0 Å². The van der Waals surface area contributed by atoms with Crippen LogP contribution in [0.15, 0.2) is 41.7 Å². The number of nitrogens with zero attached hydrogens (tertiary/aromatic N) is 4. The maximum Gasteiger partial charge on any atom is 0.225 e. The first kappa shape index (κ1) is 26.2. The van der Waals surface area contributed by atoms with Gasteiger partial charge in [-0.1, -0.05) is 24.2 Å². The van der Waals surface area contributed by atoms with E-state index in [-0.39, 0.29) is 23.1 Å². The summed E-state index contributed by atoms with van der Waals surface area (Å²) in [5, 5.41) is 16.7. The van der Waals surface area contributed by atoms with Gasteiger partial charge in [-0.25, -0.2) is 9.37 Å². The molecule has 2 saturated carbocycles. The number of carbonyl (C=O) groups excluding carboxylic acids is 1. The third-order valence-corrected chi connectivity index (χ3v) is 10.3. The van der Waals surface area contributed by atoms with Gasteiger partial charge in [0, 0.05) is 38.0 Å². The number of piperazine rings is 1. The molecule has 39 heavy (non-hydrogen) atoms. The molecular weight excluding hydrogens is 493 g/mol. The average Bonchev–Trinajstić information content (AvgIpc) is 3.24. The highest BCUT2D eigenvalue weighted by Gasteiger charge is 2.57. The molecule has 1 aromatic carbocycles. The van der Waals surface area contributed by atoms with Crippen molar-refractivity contribution < 1.29 is 14.4 Å². The highest BCUT2D eigenvalue weighted by Crippen LogP contribution is 2.62. The first-order chi connectivity index (χ1) is 18.9. The van der Waals surface area contributed by atoms with Crippen molar-refractivity contribution in [2.24, 2.45) is 28.3 Å². The zero-order chi connectivity index (χ0) is 27.1. The van der Waals surface area contributed by atoms with Gasteiger partial charge in [-0.3, -0.25) is 4.79 Å². The van der Waals surface area contributed by atoms with Crippen molar-refractivity contribution in [3.05, 3.63) is 53.5 Å². The van der Waals surface area contributed by atoms with Crippen LogP contribution in [-0.2, 0) is 11.2 Å². The minimum absolute atomic E-state index is 0.0330. The Morgan fingerprint density at radius 1 is 1.21 bits per heavy atom. The molecule has 5 atom stereocenters. The lowest BCUT2D eigenvalue weighted by molar-refractivity contribution is -0.116. The van der Waals surface area contributed by atoms with Crippen molar-refractivity contribution in [3.63, 3.8) is 0 Å². The molecule has 1 aromatic heterocycles. The van der Waals surface area contributed by atoms with Crippen molar-refractivity contribution in [2.45, 2.75) is 57.8 Å². The van der Waals surface area contributed by atoms with Crippen LogP contribution in [-0.4, -0.2) is 59.9 Å². The molecule has 1 saturated heterocycles. The molecule has 2 N–H and O–H groups in total. The Hall–Kier alpha value is -3.00. The van der Waals surface area contributed by atoms with Crippen LogP contribution in [0.4, 0.5) is 15.9 Å². The fraction of sp³-hybridized carbons (Fsp3) is 0.581. The molecule has 0 bridgehead atoms. The number of fused-ring (bicyclic) bond motifs is 5. The second-order valence-electron chi connectivity index (χ2n) is 12.4. The summed E-state index contributed by atoms with van der Waals surface area (Å²) in [6, 6.07) is 9.45. The van der Waals surface area contributed by atoms with E-state index in [1.807, 2.05) is 24.4 Å². The van der Waals surface area contributed by atoms with Crippen molar-refractivity contribution in [1.29, 1.82) is 0 Å². The van der Waals surface area contributed by atoms with E-state index in [9.17, 15) is 14.4 Å². The number of carbonyl (C=O) groups is 1. The molecule has 0 radical (unpaired) electrons. The third-order valence-electron chi connectivity index (χ3n) is 10.3. The van der Waals surface area contributed by atoms with Crippen molar-refractivity contribution in [3.8, 4) is 0 Å². The molecule has 7 nitrogen and oxygen atoms in total. The minimum Gasteiger partial charge on any atom is -0.411 e. The van der Waals surface area contributed by atoms with Gasteiger partial charge in [-0.2, -0.15) is 0 Å². The molecule has 3 unspecified atom stereocenters. The number of benzene rings is 1. The zero-order valence-electron chi connectivity index (χ0n) is 23.1. The second kappa shape index (κ2) is 10.5. The number of likely N-dealkylation sites (N-methyl/N-ethyl adjacent to an activating group) is 1. The van der Waals surface area contributed by atoms with Crippen LogP contribution in [0.5, 0.6) is 0 Å².